The van der Waals surface area contributed by atoms with Crippen LogP contribution in [0.4, 0.5) is 5.69 Å². The highest BCUT2D eigenvalue weighted by molar-refractivity contribution is 14.1. The first-order chi connectivity index (χ1) is 8.15. The molecule has 2 rings (SSSR count). The summed E-state index contributed by atoms with van der Waals surface area (Å²) in [7, 11) is 0. The highest BCUT2D eigenvalue weighted by Crippen LogP contribution is 2.12. The predicted molar refractivity (Wildman–Crippen MR) is 78.3 cm³/mol. The highest BCUT2D eigenvalue weighted by Gasteiger charge is 2.05. The molecule has 0 unspecified atom stereocenters. The van der Waals surface area contributed by atoms with Crippen molar-refractivity contribution < 1.29 is 4.79 Å². The largest absolute Gasteiger partial charge is 0.322 e. The van der Waals surface area contributed by atoms with Crippen molar-refractivity contribution in [1.82, 2.24) is 0 Å². The van der Waals surface area contributed by atoms with Crippen LogP contribution in [0.5, 0.6) is 0 Å². The molecule has 0 fully saturated rings. The molecule has 0 aliphatic carbocycles. The second-order valence-electron chi connectivity index (χ2n) is 3.83. The van der Waals surface area contributed by atoms with Gasteiger partial charge >= 0.3 is 0 Å². The molecule has 86 valence electrons. The number of halogens is 1. The first-order valence-corrected chi connectivity index (χ1v) is 6.36. The fourth-order valence-corrected chi connectivity index (χ4v) is 1.89. The number of nitrogens with one attached hydrogen (secondary N) is 1. The summed E-state index contributed by atoms with van der Waals surface area (Å²) in [5, 5.41) is 2.88. The molecule has 0 aromatic heterocycles. The van der Waals surface area contributed by atoms with Crippen LogP contribution in [-0.2, 0) is 0 Å². The van der Waals surface area contributed by atoms with Crippen molar-refractivity contribution in [2.24, 2.45) is 0 Å². The van der Waals surface area contributed by atoms with Crippen molar-refractivity contribution >= 4 is 34.2 Å². The van der Waals surface area contributed by atoms with Gasteiger partial charge in [-0.2, -0.15) is 0 Å². The lowest BCUT2D eigenvalue weighted by atomic mass is 10.2. The van der Waals surface area contributed by atoms with E-state index < -0.39 is 0 Å². The Morgan fingerprint density at radius 3 is 2.47 bits per heavy atom. The lowest BCUT2D eigenvalue weighted by Crippen LogP contribution is -2.11. The van der Waals surface area contributed by atoms with Crippen LogP contribution in [0.2, 0.25) is 0 Å². The quantitative estimate of drug-likeness (QED) is 0.829. The van der Waals surface area contributed by atoms with Crippen LogP contribution in [0.1, 0.15) is 15.9 Å². The molecule has 2 nitrogen and oxygen atoms in total. The monoisotopic (exact) mass is 337 g/mol. The molecule has 0 aliphatic heterocycles. The van der Waals surface area contributed by atoms with Crippen LogP contribution >= 0.6 is 22.6 Å². The van der Waals surface area contributed by atoms with Gasteiger partial charge in [-0.25, -0.2) is 0 Å². The summed E-state index contributed by atoms with van der Waals surface area (Å²) >= 11 is 2.22. The maximum absolute atomic E-state index is 11.9. The van der Waals surface area contributed by atoms with Crippen molar-refractivity contribution in [2.75, 3.05) is 5.32 Å². The second-order valence-corrected chi connectivity index (χ2v) is 5.08. The minimum atomic E-state index is -0.0769. The van der Waals surface area contributed by atoms with E-state index in [0.717, 1.165) is 14.8 Å². The van der Waals surface area contributed by atoms with Gasteiger partial charge in [0.2, 0.25) is 0 Å². The lowest BCUT2D eigenvalue weighted by molar-refractivity contribution is 0.102. The first kappa shape index (κ1) is 12.1. The van der Waals surface area contributed by atoms with Crippen LogP contribution in [0.3, 0.4) is 0 Å². The summed E-state index contributed by atoms with van der Waals surface area (Å²) < 4.78 is 1.12. The number of carbonyl (C=O) groups is 1. The number of amides is 1. The number of rotatable bonds is 2. The summed E-state index contributed by atoms with van der Waals surface area (Å²) in [5.74, 6) is -0.0769. The zero-order valence-corrected chi connectivity index (χ0v) is 11.6. The Hall–Kier alpha value is -1.36. The first-order valence-electron chi connectivity index (χ1n) is 5.29. The number of hydrogen-bond acceptors (Lipinski definition) is 1. The maximum Gasteiger partial charge on any atom is 0.255 e. The Morgan fingerprint density at radius 2 is 1.82 bits per heavy atom. The van der Waals surface area contributed by atoms with Crippen LogP contribution < -0.4 is 5.32 Å². The minimum Gasteiger partial charge on any atom is -0.322 e. The van der Waals surface area contributed by atoms with E-state index in [0.29, 0.717) is 5.56 Å². The summed E-state index contributed by atoms with van der Waals surface area (Å²) in [6.07, 6.45) is 0. The fraction of sp³-hybridized carbons (Fsp3) is 0.0714. The molecule has 0 atom stereocenters. The predicted octanol–water partition coefficient (Wildman–Crippen LogP) is 3.85. The molecule has 0 radical (unpaired) electrons. The fourth-order valence-electron chi connectivity index (χ4n) is 1.53. The summed E-state index contributed by atoms with van der Waals surface area (Å²) in [6, 6.07) is 15.3. The zero-order valence-electron chi connectivity index (χ0n) is 9.41. The lowest BCUT2D eigenvalue weighted by Gasteiger charge is -2.06. The van der Waals surface area contributed by atoms with Crippen molar-refractivity contribution in [3.63, 3.8) is 0 Å². The number of hydrogen-bond donors (Lipinski definition) is 1. The topological polar surface area (TPSA) is 29.1 Å². The molecule has 1 N–H and O–H groups in total. The third kappa shape index (κ3) is 3.30. The van der Waals surface area contributed by atoms with Gasteiger partial charge in [0.1, 0.15) is 0 Å². The van der Waals surface area contributed by atoms with E-state index in [1.807, 2.05) is 55.5 Å². The SMILES string of the molecule is Cc1cccc(NC(=O)c2ccc(I)cc2)c1. The van der Waals surface area contributed by atoms with Gasteiger partial charge in [0.25, 0.3) is 5.91 Å². The molecule has 0 spiro atoms. The standard InChI is InChI=1S/C14H12INO/c1-10-3-2-4-13(9-10)16-14(17)11-5-7-12(15)8-6-11/h2-9H,1H3,(H,16,17). The van der Waals surface area contributed by atoms with Crippen LogP contribution in [0.25, 0.3) is 0 Å². The molecule has 3 heteroatoms. The molecule has 0 saturated carbocycles. The summed E-state index contributed by atoms with van der Waals surface area (Å²) in [6.45, 7) is 2.00. The second kappa shape index (κ2) is 5.31. The highest BCUT2D eigenvalue weighted by atomic mass is 127. The maximum atomic E-state index is 11.9. The molecule has 0 saturated heterocycles. The van der Waals surface area contributed by atoms with Crippen LogP contribution in [0.15, 0.2) is 48.5 Å². The third-order valence-electron chi connectivity index (χ3n) is 2.38. The number of benzene rings is 2. The van der Waals surface area contributed by atoms with Crippen molar-refractivity contribution in [1.29, 1.82) is 0 Å². The van der Waals surface area contributed by atoms with Crippen LogP contribution in [0, 0.1) is 10.5 Å². The molecular formula is C14H12INO. The number of aryl methyl sites for hydroxylation is 1. The molecule has 0 aliphatic rings. The molecule has 2 aromatic rings. The molecular weight excluding hydrogens is 325 g/mol. The Morgan fingerprint density at radius 1 is 1.12 bits per heavy atom. The Balaban J connectivity index is 2.14. The van der Waals surface area contributed by atoms with Gasteiger partial charge in [0.05, 0.1) is 0 Å². The van der Waals surface area contributed by atoms with Gasteiger partial charge in [-0.05, 0) is 71.5 Å². The molecule has 2 aromatic carbocycles. The van der Waals surface area contributed by atoms with E-state index in [2.05, 4.69) is 27.9 Å². The Bertz CT molecular complexity index is 534. The third-order valence-corrected chi connectivity index (χ3v) is 3.10. The van der Waals surface area contributed by atoms with E-state index in [9.17, 15) is 4.79 Å². The van der Waals surface area contributed by atoms with Gasteiger partial charge < -0.3 is 5.32 Å². The Kier molecular flexibility index (Phi) is 3.78. The van der Waals surface area contributed by atoms with E-state index in [-0.39, 0.29) is 5.91 Å². The van der Waals surface area contributed by atoms with E-state index in [1.165, 1.54) is 0 Å². The smallest absolute Gasteiger partial charge is 0.255 e. The van der Waals surface area contributed by atoms with E-state index >= 15 is 0 Å². The minimum absolute atomic E-state index is 0.0769. The van der Waals surface area contributed by atoms with Gasteiger partial charge in [-0.1, -0.05) is 12.1 Å². The normalized spacial score (nSPS) is 10.0. The van der Waals surface area contributed by atoms with Crippen LogP contribution in [-0.4, -0.2) is 5.91 Å². The average molecular weight is 337 g/mol. The Labute approximate surface area is 114 Å². The van der Waals surface area contributed by atoms with Crippen molar-refractivity contribution in [3.8, 4) is 0 Å². The van der Waals surface area contributed by atoms with E-state index in [1.54, 1.807) is 0 Å². The van der Waals surface area contributed by atoms with Gasteiger partial charge in [0, 0.05) is 14.8 Å². The average Bonchev–Trinajstić information content (AvgIpc) is 2.29. The molecule has 1 amide bonds. The number of anilines is 1. The van der Waals surface area contributed by atoms with Gasteiger partial charge in [0.15, 0.2) is 0 Å². The number of carbonyl (C=O) groups excluding carboxylic acids is 1. The molecule has 17 heavy (non-hydrogen) atoms. The zero-order chi connectivity index (χ0) is 12.3. The van der Waals surface area contributed by atoms with Crippen molar-refractivity contribution in [2.45, 2.75) is 6.92 Å². The van der Waals surface area contributed by atoms with E-state index in [4.69, 9.17) is 0 Å². The van der Waals surface area contributed by atoms with Gasteiger partial charge in [-0.3, -0.25) is 4.79 Å². The molecule has 0 bridgehead atoms. The van der Waals surface area contributed by atoms with Gasteiger partial charge in [-0.15, -0.1) is 0 Å². The molecule has 0 heterocycles. The summed E-state index contributed by atoms with van der Waals surface area (Å²) in [4.78, 5) is 11.9. The van der Waals surface area contributed by atoms with Crippen molar-refractivity contribution in [3.05, 3.63) is 63.2 Å². The summed E-state index contributed by atoms with van der Waals surface area (Å²) in [5.41, 5.74) is 2.63.